The van der Waals surface area contributed by atoms with Gasteiger partial charge >= 0.3 is 0 Å². The predicted molar refractivity (Wildman–Crippen MR) is 89.7 cm³/mol. The van der Waals surface area contributed by atoms with Crippen molar-refractivity contribution in [3.05, 3.63) is 33.8 Å². The highest BCUT2D eigenvalue weighted by molar-refractivity contribution is 14.1. The van der Waals surface area contributed by atoms with E-state index in [0.717, 1.165) is 22.6 Å². The minimum absolute atomic E-state index is 0.241. The van der Waals surface area contributed by atoms with Gasteiger partial charge in [0.2, 0.25) is 0 Å². The average molecular weight is 414 g/mol. The second-order valence-corrected chi connectivity index (χ2v) is 7.52. The second kappa shape index (κ2) is 7.46. The van der Waals surface area contributed by atoms with Crippen LogP contribution >= 0.6 is 45.8 Å². The van der Waals surface area contributed by atoms with Crippen LogP contribution in [0.5, 0.6) is 0 Å². The summed E-state index contributed by atoms with van der Waals surface area (Å²) in [6.07, 6.45) is 2.46. The molecular weight excluding hydrogens is 396 g/mol. The largest absolute Gasteiger partial charge is 0.383 e. The summed E-state index contributed by atoms with van der Waals surface area (Å²) < 4.78 is 6.18. The third kappa shape index (κ3) is 4.46. The molecule has 1 aromatic carbocycles. The van der Waals surface area contributed by atoms with Gasteiger partial charge in [0.1, 0.15) is 0 Å². The molecule has 1 fully saturated rings. The second-order valence-electron chi connectivity index (χ2n) is 4.88. The lowest BCUT2D eigenvalue weighted by atomic mass is 10.0. The van der Waals surface area contributed by atoms with E-state index in [1.54, 1.807) is 13.2 Å². The summed E-state index contributed by atoms with van der Waals surface area (Å²) in [6, 6.07) is 6.00. The molecule has 1 aromatic rings. The van der Waals surface area contributed by atoms with Gasteiger partial charge in [0, 0.05) is 21.1 Å². The molecular formula is C14H18Cl2INO. The number of hydrogen-bond donors (Lipinski definition) is 0. The molecule has 5 heteroatoms. The zero-order valence-corrected chi connectivity index (χ0v) is 14.6. The van der Waals surface area contributed by atoms with E-state index in [0.29, 0.717) is 16.7 Å². The molecule has 0 N–H and O–H groups in total. The molecule has 2 rings (SSSR count). The van der Waals surface area contributed by atoms with Crippen molar-refractivity contribution in [2.45, 2.75) is 22.8 Å². The first-order valence-corrected chi connectivity index (χ1v) is 8.43. The van der Waals surface area contributed by atoms with Crippen LogP contribution in [0.3, 0.4) is 0 Å². The number of piperidine rings is 1. The number of hydrogen-bond acceptors (Lipinski definition) is 2. The van der Waals surface area contributed by atoms with Crippen molar-refractivity contribution in [3.63, 3.8) is 0 Å². The van der Waals surface area contributed by atoms with Crippen molar-refractivity contribution in [1.29, 1.82) is 0 Å². The molecule has 0 amide bonds. The molecule has 0 saturated carbocycles. The third-order valence-electron chi connectivity index (χ3n) is 3.49. The number of likely N-dealkylation sites (tertiary alicyclic amines) is 1. The monoisotopic (exact) mass is 413 g/mol. The first-order valence-electron chi connectivity index (χ1n) is 6.43. The van der Waals surface area contributed by atoms with Crippen LogP contribution in [-0.4, -0.2) is 35.6 Å². The van der Waals surface area contributed by atoms with Crippen molar-refractivity contribution in [3.8, 4) is 0 Å². The summed E-state index contributed by atoms with van der Waals surface area (Å²) >= 11 is 14.8. The maximum absolute atomic E-state index is 6.11. The van der Waals surface area contributed by atoms with Gasteiger partial charge in [-0.2, -0.15) is 0 Å². The summed E-state index contributed by atoms with van der Waals surface area (Å²) in [6.45, 7) is 2.88. The summed E-state index contributed by atoms with van der Waals surface area (Å²) in [5, 5.41) is 1.37. The normalized spacial score (nSPS) is 19.6. The molecule has 0 unspecified atom stereocenters. The maximum atomic E-state index is 6.11. The molecule has 0 spiro atoms. The first kappa shape index (κ1) is 15.8. The fourth-order valence-corrected chi connectivity index (χ4v) is 3.62. The van der Waals surface area contributed by atoms with Crippen molar-refractivity contribution < 1.29 is 4.74 Å². The quantitative estimate of drug-likeness (QED) is 0.529. The van der Waals surface area contributed by atoms with Crippen molar-refractivity contribution in [2.75, 3.05) is 26.8 Å². The Morgan fingerprint density at radius 2 is 1.84 bits per heavy atom. The van der Waals surface area contributed by atoms with Crippen molar-refractivity contribution in [1.82, 2.24) is 4.90 Å². The molecule has 0 bridgehead atoms. The van der Waals surface area contributed by atoms with Gasteiger partial charge < -0.3 is 4.74 Å². The fourth-order valence-electron chi connectivity index (χ4n) is 2.52. The SMILES string of the molecule is COC[C@@H](c1cc(Cl)cc(Cl)c1)N1CCC(I)CC1. The van der Waals surface area contributed by atoms with Crippen LogP contribution < -0.4 is 0 Å². The Morgan fingerprint density at radius 1 is 1.26 bits per heavy atom. The number of rotatable bonds is 4. The topological polar surface area (TPSA) is 12.5 Å². The van der Waals surface area contributed by atoms with E-state index in [1.165, 1.54) is 12.8 Å². The average Bonchev–Trinajstić information content (AvgIpc) is 2.36. The Morgan fingerprint density at radius 3 is 2.37 bits per heavy atom. The number of benzene rings is 1. The summed E-state index contributed by atoms with van der Waals surface area (Å²) in [7, 11) is 1.74. The summed E-state index contributed by atoms with van der Waals surface area (Å²) in [5.74, 6) is 0. The fraction of sp³-hybridized carbons (Fsp3) is 0.571. The van der Waals surface area contributed by atoms with Crippen LogP contribution in [0.1, 0.15) is 24.4 Å². The number of nitrogens with zero attached hydrogens (tertiary/aromatic N) is 1. The number of ether oxygens (including phenoxy) is 1. The van der Waals surface area contributed by atoms with Gasteiger partial charge in [-0.1, -0.05) is 45.8 Å². The number of alkyl halides is 1. The van der Waals surface area contributed by atoms with Gasteiger partial charge in [0.05, 0.1) is 12.6 Å². The van der Waals surface area contributed by atoms with E-state index in [4.69, 9.17) is 27.9 Å². The standard InChI is InChI=1S/C14H18Cl2INO/c1-19-9-14(18-4-2-13(17)3-5-18)10-6-11(15)8-12(16)7-10/h6-8,13-14H,2-5,9H2,1H3/t14-/m0/s1. The minimum atomic E-state index is 0.241. The Labute approximate surface area is 138 Å². The van der Waals surface area contributed by atoms with Gasteiger partial charge in [-0.15, -0.1) is 0 Å². The maximum Gasteiger partial charge on any atom is 0.0659 e. The van der Waals surface area contributed by atoms with Crippen LogP contribution in [0.15, 0.2) is 18.2 Å². The minimum Gasteiger partial charge on any atom is -0.383 e. The van der Waals surface area contributed by atoms with Crippen LogP contribution in [-0.2, 0) is 4.74 Å². The Bertz CT molecular complexity index is 402. The molecule has 1 heterocycles. The lowest BCUT2D eigenvalue weighted by molar-refractivity contribution is 0.0787. The van der Waals surface area contributed by atoms with E-state index < -0.39 is 0 Å². The first-order chi connectivity index (χ1) is 9.10. The highest BCUT2D eigenvalue weighted by atomic mass is 127. The summed E-state index contributed by atoms with van der Waals surface area (Å²) in [4.78, 5) is 2.47. The molecule has 106 valence electrons. The zero-order chi connectivity index (χ0) is 13.8. The van der Waals surface area contributed by atoms with Crippen LogP contribution in [0.4, 0.5) is 0 Å². The van der Waals surface area contributed by atoms with Gasteiger partial charge in [0.15, 0.2) is 0 Å². The number of methoxy groups -OCH3 is 1. The van der Waals surface area contributed by atoms with E-state index in [-0.39, 0.29) is 6.04 Å². The highest BCUT2D eigenvalue weighted by Crippen LogP contribution is 2.30. The van der Waals surface area contributed by atoms with Crippen LogP contribution in [0, 0.1) is 0 Å². The molecule has 19 heavy (non-hydrogen) atoms. The van der Waals surface area contributed by atoms with E-state index >= 15 is 0 Å². The van der Waals surface area contributed by atoms with Gasteiger partial charge in [-0.25, -0.2) is 0 Å². The lowest BCUT2D eigenvalue weighted by Crippen LogP contribution is -2.38. The smallest absolute Gasteiger partial charge is 0.0659 e. The Hall–Kier alpha value is 0.450. The molecule has 0 aliphatic carbocycles. The van der Waals surface area contributed by atoms with Crippen molar-refractivity contribution in [2.24, 2.45) is 0 Å². The Balaban J connectivity index is 2.19. The van der Waals surface area contributed by atoms with E-state index in [9.17, 15) is 0 Å². The highest BCUT2D eigenvalue weighted by Gasteiger charge is 2.25. The van der Waals surface area contributed by atoms with Crippen molar-refractivity contribution >= 4 is 45.8 Å². The third-order valence-corrected chi connectivity index (χ3v) is 5.18. The zero-order valence-electron chi connectivity index (χ0n) is 10.9. The molecule has 1 aliphatic heterocycles. The molecule has 1 saturated heterocycles. The molecule has 1 aliphatic rings. The molecule has 0 aromatic heterocycles. The van der Waals surface area contributed by atoms with E-state index in [1.807, 2.05) is 12.1 Å². The molecule has 2 nitrogen and oxygen atoms in total. The van der Waals surface area contributed by atoms with Gasteiger partial charge in [-0.3, -0.25) is 4.90 Å². The predicted octanol–water partition coefficient (Wildman–Crippen LogP) is 4.58. The Kier molecular flexibility index (Phi) is 6.21. The number of halogens is 3. The van der Waals surface area contributed by atoms with Crippen LogP contribution in [0.25, 0.3) is 0 Å². The summed E-state index contributed by atoms with van der Waals surface area (Å²) in [5.41, 5.74) is 1.14. The van der Waals surface area contributed by atoms with E-state index in [2.05, 4.69) is 27.5 Å². The van der Waals surface area contributed by atoms with Gasteiger partial charge in [0.25, 0.3) is 0 Å². The lowest BCUT2D eigenvalue weighted by Gasteiger charge is -2.36. The molecule has 1 atom stereocenters. The van der Waals surface area contributed by atoms with Crippen LogP contribution in [0.2, 0.25) is 10.0 Å². The molecule has 0 radical (unpaired) electrons. The van der Waals surface area contributed by atoms with Gasteiger partial charge in [-0.05, 0) is 49.7 Å².